The predicted octanol–water partition coefficient (Wildman–Crippen LogP) is 3.73. The molecule has 0 spiro atoms. The first-order chi connectivity index (χ1) is 10.1. The van der Waals surface area contributed by atoms with Gasteiger partial charge in [-0.25, -0.2) is 0 Å². The molecule has 0 saturated carbocycles. The molecule has 1 aliphatic rings. The summed E-state index contributed by atoms with van der Waals surface area (Å²) in [6, 6.07) is 8.93. The molecule has 3 rings (SSSR count). The fourth-order valence-electron chi connectivity index (χ4n) is 3.46. The van der Waals surface area contributed by atoms with Crippen molar-refractivity contribution in [2.75, 3.05) is 13.1 Å². The molecule has 2 heterocycles. The number of furan rings is 1. The van der Waals surface area contributed by atoms with E-state index >= 15 is 0 Å². The van der Waals surface area contributed by atoms with Gasteiger partial charge in [0, 0.05) is 23.5 Å². The van der Waals surface area contributed by atoms with Crippen LogP contribution >= 0.6 is 0 Å². The number of rotatable bonds is 3. The van der Waals surface area contributed by atoms with Gasteiger partial charge in [0.15, 0.2) is 0 Å². The minimum absolute atomic E-state index is 0.274. The number of benzene rings is 1. The van der Waals surface area contributed by atoms with Crippen molar-refractivity contribution in [3.05, 3.63) is 35.6 Å². The second kappa shape index (κ2) is 5.82. The number of para-hydroxylation sites is 1. The molecule has 3 heteroatoms. The quantitative estimate of drug-likeness (QED) is 0.935. The van der Waals surface area contributed by atoms with E-state index in [2.05, 4.69) is 43.9 Å². The lowest BCUT2D eigenvalue weighted by Gasteiger charge is -2.38. The standard InChI is InChI=1S/C18H26N2O/c1-4-14-15-7-5-6-8-17(15)21-18(14)13(3)20-10-9-12(2)16(19)11-20/h5-8,12-13,16H,4,9-11,19H2,1-3H3. The van der Waals surface area contributed by atoms with Crippen LogP contribution in [0.3, 0.4) is 0 Å². The zero-order chi connectivity index (χ0) is 15.0. The van der Waals surface area contributed by atoms with Gasteiger partial charge in [0.2, 0.25) is 0 Å². The zero-order valence-electron chi connectivity index (χ0n) is 13.3. The molecular formula is C18H26N2O. The van der Waals surface area contributed by atoms with Crippen LogP contribution in [-0.2, 0) is 6.42 Å². The van der Waals surface area contributed by atoms with Crippen molar-refractivity contribution in [1.29, 1.82) is 0 Å². The summed E-state index contributed by atoms with van der Waals surface area (Å²) < 4.78 is 6.18. The number of nitrogens with zero attached hydrogens (tertiary/aromatic N) is 1. The van der Waals surface area contributed by atoms with E-state index in [0.29, 0.717) is 12.0 Å². The number of fused-ring (bicyclic) bond motifs is 1. The van der Waals surface area contributed by atoms with E-state index in [9.17, 15) is 0 Å². The van der Waals surface area contributed by atoms with Gasteiger partial charge >= 0.3 is 0 Å². The third-order valence-electron chi connectivity index (χ3n) is 5.06. The maximum Gasteiger partial charge on any atom is 0.134 e. The van der Waals surface area contributed by atoms with Gasteiger partial charge in [0.25, 0.3) is 0 Å². The monoisotopic (exact) mass is 286 g/mol. The maximum absolute atomic E-state index is 6.26. The highest BCUT2D eigenvalue weighted by Gasteiger charge is 2.29. The second-order valence-corrected chi connectivity index (χ2v) is 6.40. The summed E-state index contributed by atoms with van der Waals surface area (Å²) in [5.74, 6) is 1.75. The van der Waals surface area contributed by atoms with Crippen molar-refractivity contribution < 1.29 is 4.42 Å². The largest absolute Gasteiger partial charge is 0.459 e. The average Bonchev–Trinajstić information content (AvgIpc) is 2.87. The summed E-state index contributed by atoms with van der Waals surface area (Å²) in [4.78, 5) is 2.47. The molecule has 0 radical (unpaired) electrons. The number of nitrogens with two attached hydrogens (primary N) is 1. The lowest BCUT2D eigenvalue weighted by molar-refractivity contribution is 0.117. The Bertz CT molecular complexity index is 619. The van der Waals surface area contributed by atoms with Crippen molar-refractivity contribution >= 4 is 11.0 Å². The zero-order valence-corrected chi connectivity index (χ0v) is 13.3. The minimum atomic E-state index is 0.274. The number of aryl methyl sites for hydroxylation is 1. The summed E-state index contributed by atoms with van der Waals surface area (Å²) in [6.45, 7) is 8.78. The molecule has 0 aliphatic carbocycles. The molecular weight excluding hydrogens is 260 g/mol. The van der Waals surface area contributed by atoms with Crippen LogP contribution in [-0.4, -0.2) is 24.0 Å². The first-order valence-corrected chi connectivity index (χ1v) is 8.11. The van der Waals surface area contributed by atoms with Crippen LogP contribution in [0.1, 0.15) is 44.6 Å². The highest BCUT2D eigenvalue weighted by atomic mass is 16.3. The van der Waals surface area contributed by atoms with Gasteiger partial charge in [-0.05, 0) is 38.3 Å². The van der Waals surface area contributed by atoms with E-state index in [4.69, 9.17) is 10.2 Å². The molecule has 1 aliphatic heterocycles. The Hall–Kier alpha value is -1.32. The fourth-order valence-corrected chi connectivity index (χ4v) is 3.46. The highest BCUT2D eigenvalue weighted by molar-refractivity contribution is 5.82. The molecule has 1 saturated heterocycles. The van der Waals surface area contributed by atoms with Crippen molar-refractivity contribution in [2.24, 2.45) is 11.7 Å². The smallest absolute Gasteiger partial charge is 0.134 e. The van der Waals surface area contributed by atoms with Crippen LogP contribution in [0.5, 0.6) is 0 Å². The number of piperidine rings is 1. The SMILES string of the molecule is CCc1c(C(C)N2CCC(C)C(N)C2)oc2ccccc12. The number of likely N-dealkylation sites (tertiary alicyclic amines) is 1. The summed E-state index contributed by atoms with van der Waals surface area (Å²) >= 11 is 0. The Morgan fingerprint density at radius 2 is 2.14 bits per heavy atom. The van der Waals surface area contributed by atoms with E-state index in [-0.39, 0.29) is 6.04 Å². The van der Waals surface area contributed by atoms with Crippen molar-refractivity contribution in [3.63, 3.8) is 0 Å². The highest BCUT2D eigenvalue weighted by Crippen LogP contribution is 2.34. The van der Waals surface area contributed by atoms with Crippen molar-refractivity contribution in [2.45, 2.75) is 45.7 Å². The predicted molar refractivity (Wildman–Crippen MR) is 87.3 cm³/mol. The number of hydrogen-bond donors (Lipinski definition) is 1. The van der Waals surface area contributed by atoms with Crippen LogP contribution in [0.4, 0.5) is 0 Å². The lowest BCUT2D eigenvalue weighted by atomic mass is 9.92. The van der Waals surface area contributed by atoms with Gasteiger partial charge in [-0.3, -0.25) is 4.90 Å². The Morgan fingerprint density at radius 1 is 1.38 bits per heavy atom. The summed E-state index contributed by atoms with van der Waals surface area (Å²) in [6.07, 6.45) is 2.18. The van der Waals surface area contributed by atoms with E-state index in [1.165, 1.54) is 17.4 Å². The van der Waals surface area contributed by atoms with Crippen LogP contribution in [0.15, 0.2) is 28.7 Å². The van der Waals surface area contributed by atoms with Crippen LogP contribution in [0.2, 0.25) is 0 Å². The first-order valence-electron chi connectivity index (χ1n) is 8.11. The van der Waals surface area contributed by atoms with Gasteiger partial charge < -0.3 is 10.2 Å². The Morgan fingerprint density at radius 3 is 2.86 bits per heavy atom. The summed E-state index contributed by atoms with van der Waals surface area (Å²) in [5.41, 5.74) is 8.62. The first kappa shape index (κ1) is 14.6. The van der Waals surface area contributed by atoms with Crippen molar-refractivity contribution in [3.8, 4) is 0 Å². The second-order valence-electron chi connectivity index (χ2n) is 6.40. The van der Waals surface area contributed by atoms with E-state index in [0.717, 1.165) is 30.9 Å². The molecule has 1 aromatic carbocycles. The molecule has 3 nitrogen and oxygen atoms in total. The summed E-state index contributed by atoms with van der Waals surface area (Å²) in [7, 11) is 0. The Labute approximate surface area is 127 Å². The van der Waals surface area contributed by atoms with Gasteiger partial charge in [-0.15, -0.1) is 0 Å². The van der Waals surface area contributed by atoms with Gasteiger partial charge in [0.05, 0.1) is 6.04 Å². The molecule has 21 heavy (non-hydrogen) atoms. The normalized spacial score (nSPS) is 25.3. The average molecular weight is 286 g/mol. The molecule has 3 atom stereocenters. The minimum Gasteiger partial charge on any atom is -0.459 e. The van der Waals surface area contributed by atoms with E-state index in [1.807, 2.05) is 6.07 Å². The number of hydrogen-bond acceptors (Lipinski definition) is 3. The van der Waals surface area contributed by atoms with E-state index in [1.54, 1.807) is 0 Å². The molecule has 1 fully saturated rings. The molecule has 3 unspecified atom stereocenters. The topological polar surface area (TPSA) is 42.4 Å². The molecule has 0 bridgehead atoms. The molecule has 1 aromatic heterocycles. The van der Waals surface area contributed by atoms with Crippen LogP contribution in [0, 0.1) is 5.92 Å². The molecule has 114 valence electrons. The third kappa shape index (κ3) is 2.60. The van der Waals surface area contributed by atoms with Gasteiger partial charge in [-0.1, -0.05) is 32.0 Å². The van der Waals surface area contributed by atoms with E-state index < -0.39 is 0 Å². The molecule has 2 N–H and O–H groups in total. The molecule has 2 aromatic rings. The Kier molecular flexibility index (Phi) is 4.05. The maximum atomic E-state index is 6.26. The summed E-state index contributed by atoms with van der Waals surface area (Å²) in [5, 5.41) is 1.26. The van der Waals surface area contributed by atoms with Gasteiger partial charge in [-0.2, -0.15) is 0 Å². The van der Waals surface area contributed by atoms with Crippen LogP contribution in [0.25, 0.3) is 11.0 Å². The van der Waals surface area contributed by atoms with Crippen molar-refractivity contribution in [1.82, 2.24) is 4.90 Å². The Balaban J connectivity index is 1.92. The lowest BCUT2D eigenvalue weighted by Crippen LogP contribution is -2.48. The van der Waals surface area contributed by atoms with Gasteiger partial charge in [0.1, 0.15) is 11.3 Å². The fraction of sp³-hybridized carbons (Fsp3) is 0.556. The molecule has 0 amide bonds. The third-order valence-corrected chi connectivity index (χ3v) is 5.06. The van der Waals surface area contributed by atoms with Crippen LogP contribution < -0.4 is 5.73 Å².